The maximum Gasteiger partial charge on any atom is 0.280 e. The quantitative estimate of drug-likeness (QED) is 0.571. The fourth-order valence-electron chi connectivity index (χ4n) is 2.45. The Morgan fingerprint density at radius 1 is 0.960 bits per heavy atom. The largest absolute Gasteiger partial charge is 0.332 e. The molecule has 0 saturated heterocycles. The van der Waals surface area contributed by atoms with E-state index in [-0.39, 0.29) is 23.0 Å². The Morgan fingerprint density at radius 3 is 2.44 bits per heavy atom. The van der Waals surface area contributed by atoms with Crippen LogP contribution < -0.4 is 0 Å². The van der Waals surface area contributed by atoms with Crippen LogP contribution in [0, 0.1) is 18.6 Å². The zero-order valence-electron chi connectivity index (χ0n) is 13.0. The van der Waals surface area contributed by atoms with Crippen molar-refractivity contribution >= 4 is 0 Å². The zero-order chi connectivity index (χ0) is 17.4. The maximum absolute atomic E-state index is 14.0. The van der Waals surface area contributed by atoms with Crippen molar-refractivity contribution in [3.63, 3.8) is 0 Å². The summed E-state index contributed by atoms with van der Waals surface area (Å²) in [5.74, 6) is -0.701. The Bertz CT molecular complexity index is 1060. The van der Waals surface area contributed by atoms with E-state index in [0.717, 1.165) is 0 Å². The van der Waals surface area contributed by atoms with Crippen LogP contribution in [0.4, 0.5) is 8.78 Å². The van der Waals surface area contributed by atoms with Crippen molar-refractivity contribution in [2.24, 2.45) is 0 Å². The van der Waals surface area contributed by atoms with E-state index in [0.29, 0.717) is 11.4 Å². The van der Waals surface area contributed by atoms with E-state index in [1.807, 2.05) is 0 Å². The molecule has 25 heavy (non-hydrogen) atoms. The van der Waals surface area contributed by atoms with Gasteiger partial charge in [-0.25, -0.2) is 13.5 Å². The summed E-state index contributed by atoms with van der Waals surface area (Å²) < 4.78 is 34.3. The summed E-state index contributed by atoms with van der Waals surface area (Å²) in [5, 5.41) is 11.7. The average molecular weight is 339 g/mol. The van der Waals surface area contributed by atoms with Gasteiger partial charge >= 0.3 is 0 Å². The highest BCUT2D eigenvalue weighted by Crippen LogP contribution is 2.26. The molecule has 124 valence electrons. The van der Waals surface area contributed by atoms with Crippen LogP contribution in [-0.2, 0) is 0 Å². The number of nitrogens with zero attached hydrogens (tertiary/aromatic N) is 5. The molecule has 0 aliphatic heterocycles. The third-order valence-electron chi connectivity index (χ3n) is 3.72. The Hall–Kier alpha value is -3.42. The Morgan fingerprint density at radius 2 is 1.68 bits per heavy atom. The van der Waals surface area contributed by atoms with E-state index >= 15 is 0 Å². The number of aromatic nitrogens is 5. The van der Waals surface area contributed by atoms with Crippen LogP contribution in [0.25, 0.3) is 28.7 Å². The standard InChI is InChI=1S/C17H11F2N5O/c1-10-15(21-23-24(10)14-9-5-4-8-13(14)19)17-20-16(22-25-17)11-6-2-3-7-12(11)18/h2-9H,1H3. The topological polar surface area (TPSA) is 69.6 Å². The number of hydrogen-bond acceptors (Lipinski definition) is 5. The van der Waals surface area contributed by atoms with E-state index in [4.69, 9.17) is 4.52 Å². The fraction of sp³-hybridized carbons (Fsp3) is 0.0588. The van der Waals surface area contributed by atoms with Crippen molar-refractivity contribution < 1.29 is 13.3 Å². The maximum atomic E-state index is 14.0. The number of benzene rings is 2. The molecule has 0 saturated carbocycles. The SMILES string of the molecule is Cc1c(-c2nc(-c3ccccc3F)no2)nnn1-c1ccccc1F. The Kier molecular flexibility index (Phi) is 3.57. The molecule has 2 heterocycles. The number of rotatable bonds is 3. The van der Waals surface area contributed by atoms with Crippen molar-refractivity contribution in [1.82, 2.24) is 25.1 Å². The first-order chi connectivity index (χ1) is 12.1. The third kappa shape index (κ3) is 2.57. The van der Waals surface area contributed by atoms with Crippen LogP contribution in [-0.4, -0.2) is 25.1 Å². The van der Waals surface area contributed by atoms with Crippen LogP contribution in [0.5, 0.6) is 0 Å². The van der Waals surface area contributed by atoms with Crippen LogP contribution >= 0.6 is 0 Å². The highest BCUT2D eigenvalue weighted by molar-refractivity contribution is 5.59. The first-order valence-electron chi connectivity index (χ1n) is 7.41. The van der Waals surface area contributed by atoms with E-state index in [1.54, 1.807) is 43.3 Å². The molecular weight excluding hydrogens is 328 g/mol. The predicted molar refractivity (Wildman–Crippen MR) is 84.7 cm³/mol. The highest BCUT2D eigenvalue weighted by atomic mass is 19.1. The Labute approximate surface area is 140 Å². The molecule has 2 aromatic carbocycles. The molecule has 0 amide bonds. The smallest absolute Gasteiger partial charge is 0.280 e. The number of hydrogen-bond donors (Lipinski definition) is 0. The minimum absolute atomic E-state index is 0.0818. The van der Waals surface area contributed by atoms with Gasteiger partial charge in [-0.1, -0.05) is 34.6 Å². The van der Waals surface area contributed by atoms with Crippen molar-refractivity contribution in [3.05, 3.63) is 65.9 Å². The molecule has 0 spiro atoms. The van der Waals surface area contributed by atoms with Gasteiger partial charge in [0, 0.05) is 0 Å². The van der Waals surface area contributed by atoms with Crippen LogP contribution in [0.3, 0.4) is 0 Å². The minimum Gasteiger partial charge on any atom is -0.332 e. The summed E-state index contributed by atoms with van der Waals surface area (Å²) in [6.45, 7) is 1.70. The highest BCUT2D eigenvalue weighted by Gasteiger charge is 2.20. The summed E-state index contributed by atoms with van der Waals surface area (Å²) in [5.41, 5.74) is 1.30. The first kappa shape index (κ1) is 15.1. The normalized spacial score (nSPS) is 11.0. The van der Waals surface area contributed by atoms with Gasteiger partial charge in [-0.15, -0.1) is 5.10 Å². The van der Waals surface area contributed by atoms with Gasteiger partial charge in [0.25, 0.3) is 5.89 Å². The first-order valence-corrected chi connectivity index (χ1v) is 7.41. The van der Waals surface area contributed by atoms with Gasteiger partial charge in [0.2, 0.25) is 5.82 Å². The van der Waals surface area contributed by atoms with Gasteiger partial charge in [0.1, 0.15) is 17.3 Å². The lowest BCUT2D eigenvalue weighted by Gasteiger charge is -2.03. The minimum atomic E-state index is -0.457. The molecule has 0 aliphatic rings. The fourth-order valence-corrected chi connectivity index (χ4v) is 2.45. The summed E-state index contributed by atoms with van der Waals surface area (Å²) in [4.78, 5) is 4.17. The molecule has 0 bridgehead atoms. The van der Waals surface area contributed by atoms with Gasteiger partial charge < -0.3 is 4.52 Å². The summed E-state index contributed by atoms with van der Waals surface area (Å²) in [7, 11) is 0. The van der Waals surface area contributed by atoms with Crippen LogP contribution in [0.15, 0.2) is 53.1 Å². The van der Waals surface area contributed by atoms with Gasteiger partial charge in [-0.2, -0.15) is 4.98 Å². The molecule has 0 atom stereocenters. The average Bonchev–Trinajstić information content (AvgIpc) is 3.23. The monoisotopic (exact) mass is 339 g/mol. The van der Waals surface area contributed by atoms with Gasteiger partial charge in [0.15, 0.2) is 5.69 Å². The summed E-state index contributed by atoms with van der Waals surface area (Å²) in [6, 6.07) is 12.3. The van der Waals surface area contributed by atoms with E-state index < -0.39 is 11.6 Å². The summed E-state index contributed by atoms with van der Waals surface area (Å²) in [6.07, 6.45) is 0. The van der Waals surface area contributed by atoms with Crippen LogP contribution in [0.1, 0.15) is 5.69 Å². The lowest BCUT2D eigenvalue weighted by atomic mass is 10.2. The second-order valence-electron chi connectivity index (χ2n) is 5.29. The van der Waals surface area contributed by atoms with Gasteiger partial charge in [-0.05, 0) is 31.2 Å². The van der Waals surface area contributed by atoms with E-state index in [9.17, 15) is 8.78 Å². The molecule has 0 N–H and O–H groups in total. The molecule has 4 aromatic rings. The second kappa shape index (κ2) is 5.90. The third-order valence-corrected chi connectivity index (χ3v) is 3.72. The van der Waals surface area contributed by atoms with Crippen LogP contribution in [0.2, 0.25) is 0 Å². The molecule has 8 heteroatoms. The summed E-state index contributed by atoms with van der Waals surface area (Å²) >= 11 is 0. The molecule has 4 rings (SSSR count). The predicted octanol–water partition coefficient (Wildman–Crippen LogP) is 3.57. The van der Waals surface area contributed by atoms with Gasteiger partial charge in [-0.3, -0.25) is 0 Å². The molecule has 0 aliphatic carbocycles. The second-order valence-corrected chi connectivity index (χ2v) is 5.29. The van der Waals surface area contributed by atoms with Crippen molar-refractivity contribution in [2.75, 3.05) is 0 Å². The molecule has 0 radical (unpaired) electrons. The number of halogens is 2. The van der Waals surface area contributed by atoms with E-state index in [2.05, 4.69) is 20.5 Å². The molecule has 0 fully saturated rings. The molecule has 0 unspecified atom stereocenters. The van der Waals surface area contributed by atoms with Crippen molar-refractivity contribution in [2.45, 2.75) is 6.92 Å². The van der Waals surface area contributed by atoms with Crippen molar-refractivity contribution in [1.29, 1.82) is 0 Å². The zero-order valence-corrected chi connectivity index (χ0v) is 13.0. The van der Waals surface area contributed by atoms with Gasteiger partial charge in [0.05, 0.1) is 11.3 Å². The molecule has 6 nitrogen and oxygen atoms in total. The van der Waals surface area contributed by atoms with Crippen molar-refractivity contribution in [3.8, 4) is 28.7 Å². The lowest BCUT2D eigenvalue weighted by Crippen LogP contribution is -2.01. The Balaban J connectivity index is 1.75. The molecule has 2 aromatic heterocycles. The lowest BCUT2D eigenvalue weighted by molar-refractivity contribution is 0.430. The molecular formula is C17H11F2N5O. The van der Waals surface area contributed by atoms with E-state index in [1.165, 1.54) is 16.8 Å². The number of para-hydroxylation sites is 1.